The van der Waals surface area contributed by atoms with E-state index in [9.17, 15) is 4.79 Å². The van der Waals surface area contributed by atoms with Crippen molar-refractivity contribution in [2.75, 3.05) is 0 Å². The van der Waals surface area contributed by atoms with Gasteiger partial charge in [0.25, 0.3) is 0 Å². The maximum Gasteiger partial charge on any atom is 0.167 e. The number of hydrogen-bond donors (Lipinski definition) is 1. The molecule has 0 radical (unpaired) electrons. The van der Waals surface area contributed by atoms with E-state index in [4.69, 9.17) is 12.6 Å². The van der Waals surface area contributed by atoms with Gasteiger partial charge in [-0.15, -0.1) is 12.6 Å². The highest BCUT2D eigenvalue weighted by atomic mass is 32.1. The number of hydrogen-bond acceptors (Lipinski definition) is 2. The summed E-state index contributed by atoms with van der Waals surface area (Å²) in [5, 5.41) is 0. The lowest BCUT2D eigenvalue weighted by Gasteiger charge is -2.28. The van der Waals surface area contributed by atoms with Crippen LogP contribution in [0.3, 0.4) is 0 Å². The standard InChI is InChI=1S/C25H44OS/c1-5-8-10-12-14-16-18-22-20(4)23(19-17-15-13-11-9-6-2)25(27)21(7-3)24(22)26/h21,27H,5-19H2,1-4H3. The molecule has 0 aromatic heterocycles. The molecule has 0 aromatic rings. The lowest BCUT2D eigenvalue weighted by molar-refractivity contribution is -0.118. The molecule has 0 fully saturated rings. The number of carbonyl (C=O) groups is 1. The van der Waals surface area contributed by atoms with Gasteiger partial charge in [-0.2, -0.15) is 0 Å². The summed E-state index contributed by atoms with van der Waals surface area (Å²) in [6.07, 6.45) is 18.5. The Kier molecular flexibility index (Phi) is 13.2. The van der Waals surface area contributed by atoms with Crippen LogP contribution in [-0.2, 0) is 4.79 Å². The molecule has 1 unspecified atom stereocenters. The Labute approximate surface area is 174 Å². The monoisotopic (exact) mass is 392 g/mol. The molecule has 156 valence electrons. The Morgan fingerprint density at radius 3 is 1.63 bits per heavy atom. The van der Waals surface area contributed by atoms with Crippen LogP contribution in [0, 0.1) is 5.92 Å². The molecular weight excluding hydrogens is 348 g/mol. The van der Waals surface area contributed by atoms with E-state index in [1.165, 1.54) is 81.8 Å². The first-order valence-electron chi connectivity index (χ1n) is 11.7. The normalized spacial score (nSPS) is 18.0. The molecule has 27 heavy (non-hydrogen) atoms. The Morgan fingerprint density at radius 1 is 0.704 bits per heavy atom. The van der Waals surface area contributed by atoms with Gasteiger partial charge in [0.1, 0.15) is 0 Å². The van der Waals surface area contributed by atoms with E-state index in [-0.39, 0.29) is 5.92 Å². The van der Waals surface area contributed by atoms with Crippen molar-refractivity contribution in [2.24, 2.45) is 5.92 Å². The van der Waals surface area contributed by atoms with Crippen LogP contribution >= 0.6 is 12.6 Å². The number of carbonyl (C=O) groups excluding carboxylic acids is 1. The molecule has 0 aliphatic heterocycles. The molecule has 1 rings (SSSR count). The Hall–Kier alpha value is -0.500. The van der Waals surface area contributed by atoms with Gasteiger partial charge in [-0.3, -0.25) is 4.79 Å². The van der Waals surface area contributed by atoms with Crippen molar-refractivity contribution in [2.45, 2.75) is 124 Å². The molecule has 1 aliphatic rings. The highest BCUT2D eigenvalue weighted by Gasteiger charge is 2.31. The molecule has 1 nitrogen and oxygen atoms in total. The molecule has 2 heteroatoms. The maximum absolute atomic E-state index is 13.0. The fourth-order valence-electron chi connectivity index (χ4n) is 4.27. The summed E-state index contributed by atoms with van der Waals surface area (Å²) in [6, 6.07) is 0. The van der Waals surface area contributed by atoms with Crippen molar-refractivity contribution in [3.05, 3.63) is 21.6 Å². The third-order valence-electron chi connectivity index (χ3n) is 6.13. The molecule has 0 saturated carbocycles. The summed E-state index contributed by atoms with van der Waals surface area (Å²) < 4.78 is 0. The zero-order chi connectivity index (χ0) is 20.1. The van der Waals surface area contributed by atoms with Gasteiger partial charge < -0.3 is 0 Å². The number of allylic oxidation sites excluding steroid dienone is 4. The molecule has 0 bridgehead atoms. The minimum atomic E-state index is 0.0159. The lowest BCUT2D eigenvalue weighted by atomic mass is 9.79. The molecule has 0 amide bonds. The first-order valence-corrected chi connectivity index (χ1v) is 12.2. The van der Waals surface area contributed by atoms with Gasteiger partial charge in [0.15, 0.2) is 5.78 Å². The van der Waals surface area contributed by atoms with Gasteiger partial charge in [0, 0.05) is 0 Å². The van der Waals surface area contributed by atoms with Crippen LogP contribution in [-0.4, -0.2) is 5.78 Å². The minimum Gasteiger partial charge on any atom is -0.294 e. The molecule has 0 spiro atoms. The molecular formula is C25H44OS. The van der Waals surface area contributed by atoms with E-state index in [0.717, 1.165) is 36.2 Å². The zero-order valence-corrected chi connectivity index (χ0v) is 19.4. The smallest absolute Gasteiger partial charge is 0.167 e. The average Bonchev–Trinajstić information content (AvgIpc) is 2.66. The van der Waals surface area contributed by atoms with Crippen LogP contribution in [0.15, 0.2) is 21.6 Å². The highest BCUT2D eigenvalue weighted by molar-refractivity contribution is 7.84. The van der Waals surface area contributed by atoms with Gasteiger partial charge in [-0.25, -0.2) is 0 Å². The second kappa shape index (κ2) is 14.5. The van der Waals surface area contributed by atoms with Gasteiger partial charge >= 0.3 is 0 Å². The van der Waals surface area contributed by atoms with E-state index in [0.29, 0.717) is 5.78 Å². The van der Waals surface area contributed by atoms with Crippen LogP contribution in [0.1, 0.15) is 124 Å². The minimum absolute atomic E-state index is 0.0159. The Balaban J connectivity index is 2.66. The third kappa shape index (κ3) is 8.18. The summed E-state index contributed by atoms with van der Waals surface area (Å²) in [6.45, 7) is 8.83. The Bertz CT molecular complexity index is 500. The first kappa shape index (κ1) is 24.5. The second-order valence-electron chi connectivity index (χ2n) is 8.33. The van der Waals surface area contributed by atoms with Crippen LogP contribution in [0.25, 0.3) is 0 Å². The summed E-state index contributed by atoms with van der Waals surface area (Å²) in [4.78, 5) is 14.1. The fourth-order valence-corrected chi connectivity index (χ4v) is 4.85. The van der Waals surface area contributed by atoms with Crippen molar-refractivity contribution in [1.82, 2.24) is 0 Å². The zero-order valence-electron chi connectivity index (χ0n) is 18.5. The van der Waals surface area contributed by atoms with E-state index >= 15 is 0 Å². The predicted octanol–water partition coefficient (Wildman–Crippen LogP) is 8.60. The molecule has 1 atom stereocenters. The van der Waals surface area contributed by atoms with E-state index in [2.05, 4.69) is 27.7 Å². The molecule has 0 N–H and O–H groups in total. The molecule has 1 aliphatic carbocycles. The van der Waals surface area contributed by atoms with E-state index in [1.54, 1.807) is 0 Å². The van der Waals surface area contributed by atoms with Crippen LogP contribution in [0.4, 0.5) is 0 Å². The molecule has 0 saturated heterocycles. The van der Waals surface area contributed by atoms with Crippen LogP contribution < -0.4 is 0 Å². The maximum atomic E-state index is 13.0. The molecule has 0 aromatic carbocycles. The van der Waals surface area contributed by atoms with Gasteiger partial charge in [0.2, 0.25) is 0 Å². The molecule has 0 heterocycles. The number of ketones is 1. The number of unbranched alkanes of at least 4 members (excludes halogenated alkanes) is 10. The number of rotatable bonds is 15. The van der Waals surface area contributed by atoms with Crippen molar-refractivity contribution < 1.29 is 4.79 Å². The fraction of sp³-hybridized carbons (Fsp3) is 0.800. The first-order chi connectivity index (χ1) is 13.1. The van der Waals surface area contributed by atoms with E-state index < -0.39 is 0 Å². The summed E-state index contributed by atoms with van der Waals surface area (Å²) in [5.41, 5.74) is 3.77. The summed E-state index contributed by atoms with van der Waals surface area (Å²) >= 11 is 4.82. The van der Waals surface area contributed by atoms with E-state index in [1.807, 2.05) is 0 Å². The van der Waals surface area contributed by atoms with Gasteiger partial charge in [-0.05, 0) is 60.7 Å². The second-order valence-corrected chi connectivity index (χ2v) is 8.81. The van der Waals surface area contributed by atoms with Crippen LogP contribution in [0.2, 0.25) is 0 Å². The average molecular weight is 393 g/mol. The highest BCUT2D eigenvalue weighted by Crippen LogP contribution is 2.39. The SMILES string of the molecule is CCCCCCCCC1=C(C)C(CCCCCCCC)=C(S)C(CC)C1=O. The topological polar surface area (TPSA) is 17.1 Å². The van der Waals surface area contributed by atoms with Crippen molar-refractivity contribution in [3.63, 3.8) is 0 Å². The third-order valence-corrected chi connectivity index (χ3v) is 6.71. The summed E-state index contributed by atoms with van der Waals surface area (Å²) in [5.74, 6) is 0.377. The van der Waals surface area contributed by atoms with Gasteiger partial charge in [0.05, 0.1) is 5.92 Å². The Morgan fingerprint density at radius 2 is 1.15 bits per heavy atom. The van der Waals surface area contributed by atoms with Crippen molar-refractivity contribution in [3.8, 4) is 0 Å². The van der Waals surface area contributed by atoms with Crippen molar-refractivity contribution >= 4 is 18.4 Å². The largest absolute Gasteiger partial charge is 0.294 e. The predicted molar refractivity (Wildman–Crippen MR) is 123 cm³/mol. The number of thiol groups is 1. The quantitative estimate of drug-likeness (QED) is 0.218. The number of Topliss-reactive ketones (excluding diaryl/α,β-unsaturated/α-hetero) is 1. The lowest BCUT2D eigenvalue weighted by Crippen LogP contribution is -2.23. The van der Waals surface area contributed by atoms with Crippen molar-refractivity contribution in [1.29, 1.82) is 0 Å². The summed E-state index contributed by atoms with van der Waals surface area (Å²) in [7, 11) is 0. The van der Waals surface area contributed by atoms with Crippen LogP contribution in [0.5, 0.6) is 0 Å². The van der Waals surface area contributed by atoms with Gasteiger partial charge in [-0.1, -0.05) is 85.0 Å².